The van der Waals surface area contributed by atoms with Crippen LogP contribution in [0.25, 0.3) is 22.3 Å². The highest BCUT2D eigenvalue weighted by molar-refractivity contribution is 6.05. The third-order valence-corrected chi connectivity index (χ3v) is 6.74. The molecule has 5 N–H and O–H groups in total. The van der Waals surface area contributed by atoms with Crippen molar-refractivity contribution >= 4 is 11.6 Å². The number of hydrogen-bond donors (Lipinski definition) is 5. The molecule has 0 bridgehead atoms. The lowest BCUT2D eigenvalue weighted by atomic mass is 10.0. The summed E-state index contributed by atoms with van der Waals surface area (Å²) in [6.45, 7) is 5.00. The van der Waals surface area contributed by atoms with Crippen molar-refractivity contribution in [1.29, 1.82) is 0 Å². The van der Waals surface area contributed by atoms with E-state index in [-0.39, 0.29) is 17.1 Å². The number of carbonyl (C=O) groups is 1. The van der Waals surface area contributed by atoms with E-state index in [9.17, 15) is 23.8 Å². The first kappa shape index (κ1) is 29.7. The number of amides is 1. The second-order valence-electron chi connectivity index (χ2n) is 9.85. The van der Waals surface area contributed by atoms with Crippen molar-refractivity contribution in [1.82, 2.24) is 10.6 Å². The van der Waals surface area contributed by atoms with Crippen LogP contribution >= 0.6 is 0 Å². The van der Waals surface area contributed by atoms with Gasteiger partial charge in [0.15, 0.2) is 0 Å². The standard InChI is InChI=1S/C25H17F2NO3.2C4H9N/c26-18-6-1-15(2-7-18)21-13-17(5-11-23(21)29)25(31)28-20-10-12-24(30)22(14-20)16-3-8-19(27)9-4-16;2*1-2-4-5-3-1/h1-14,29-30H,(H,28,31);2*5H,1-4H2. The molecule has 0 radical (unpaired) electrons. The largest absolute Gasteiger partial charge is 0.507 e. The number of aromatic hydroxyl groups is 2. The summed E-state index contributed by atoms with van der Waals surface area (Å²) in [4.78, 5) is 12.8. The van der Waals surface area contributed by atoms with Gasteiger partial charge in [-0.25, -0.2) is 8.78 Å². The first-order valence-corrected chi connectivity index (χ1v) is 13.8. The molecular formula is C33H35F2N3O3. The van der Waals surface area contributed by atoms with Crippen LogP contribution in [0.1, 0.15) is 36.0 Å². The molecule has 0 aromatic heterocycles. The zero-order valence-electron chi connectivity index (χ0n) is 22.8. The van der Waals surface area contributed by atoms with Gasteiger partial charge in [-0.15, -0.1) is 0 Å². The number of hydrogen-bond acceptors (Lipinski definition) is 5. The average Bonchev–Trinajstić information content (AvgIpc) is 3.76. The number of phenolic OH excluding ortho intramolecular Hbond substituents is 2. The predicted molar refractivity (Wildman–Crippen MR) is 159 cm³/mol. The summed E-state index contributed by atoms with van der Waals surface area (Å²) >= 11 is 0. The molecule has 6 rings (SSSR count). The first-order valence-electron chi connectivity index (χ1n) is 13.8. The highest BCUT2D eigenvalue weighted by atomic mass is 19.1. The van der Waals surface area contributed by atoms with E-state index in [1.54, 1.807) is 12.1 Å². The summed E-state index contributed by atoms with van der Waals surface area (Å²) in [6, 6.07) is 20.2. The Kier molecular flexibility index (Phi) is 10.8. The van der Waals surface area contributed by atoms with E-state index in [4.69, 9.17) is 0 Å². The zero-order chi connectivity index (χ0) is 29.0. The molecular weight excluding hydrogens is 524 g/mol. The van der Waals surface area contributed by atoms with E-state index < -0.39 is 17.5 Å². The fourth-order valence-corrected chi connectivity index (χ4v) is 4.47. The Morgan fingerprint density at radius 3 is 1.49 bits per heavy atom. The molecule has 0 saturated carbocycles. The fraction of sp³-hybridized carbons (Fsp3) is 0.242. The van der Waals surface area contributed by atoms with Gasteiger partial charge < -0.3 is 26.2 Å². The Labute approximate surface area is 239 Å². The molecule has 1 amide bonds. The van der Waals surface area contributed by atoms with E-state index in [0.29, 0.717) is 27.9 Å². The van der Waals surface area contributed by atoms with E-state index in [1.807, 2.05) is 0 Å². The van der Waals surface area contributed by atoms with Crippen molar-refractivity contribution in [2.45, 2.75) is 25.7 Å². The van der Waals surface area contributed by atoms with E-state index in [0.717, 1.165) is 0 Å². The molecule has 6 nitrogen and oxygen atoms in total. The fourth-order valence-electron chi connectivity index (χ4n) is 4.47. The van der Waals surface area contributed by atoms with Crippen LogP contribution < -0.4 is 16.0 Å². The summed E-state index contributed by atoms with van der Waals surface area (Å²) in [6.07, 6.45) is 5.56. The van der Waals surface area contributed by atoms with Crippen LogP contribution in [0.15, 0.2) is 84.9 Å². The molecule has 214 valence electrons. The molecule has 0 unspecified atom stereocenters. The molecule has 2 aliphatic heterocycles. The Morgan fingerprint density at radius 2 is 1.05 bits per heavy atom. The van der Waals surface area contributed by atoms with Crippen molar-refractivity contribution in [3.63, 3.8) is 0 Å². The summed E-state index contributed by atoms with van der Waals surface area (Å²) in [5.41, 5.74) is 2.71. The van der Waals surface area contributed by atoms with Gasteiger partial charge in [0.05, 0.1) is 0 Å². The van der Waals surface area contributed by atoms with Crippen molar-refractivity contribution in [2.75, 3.05) is 31.5 Å². The lowest BCUT2D eigenvalue weighted by molar-refractivity contribution is 0.102. The van der Waals surface area contributed by atoms with Gasteiger partial charge in [-0.2, -0.15) is 0 Å². The van der Waals surface area contributed by atoms with Gasteiger partial charge in [0, 0.05) is 22.4 Å². The minimum atomic E-state index is -0.431. The van der Waals surface area contributed by atoms with Crippen LogP contribution in [0.5, 0.6) is 11.5 Å². The smallest absolute Gasteiger partial charge is 0.255 e. The molecule has 41 heavy (non-hydrogen) atoms. The van der Waals surface area contributed by atoms with Crippen molar-refractivity contribution in [3.8, 4) is 33.8 Å². The molecule has 2 fully saturated rings. The third-order valence-electron chi connectivity index (χ3n) is 6.74. The van der Waals surface area contributed by atoms with Gasteiger partial charge in [0.1, 0.15) is 23.1 Å². The van der Waals surface area contributed by atoms with Crippen molar-refractivity contribution < 1.29 is 23.8 Å². The van der Waals surface area contributed by atoms with Crippen LogP contribution in [0.3, 0.4) is 0 Å². The van der Waals surface area contributed by atoms with Crippen LogP contribution in [0, 0.1) is 11.6 Å². The SMILES string of the molecule is C1CCNC1.C1CCNC1.O=C(Nc1ccc(O)c(-c2ccc(F)cc2)c1)c1ccc(O)c(-c2ccc(F)cc2)c1. The number of halogens is 2. The van der Waals surface area contributed by atoms with Gasteiger partial charge in [0.2, 0.25) is 0 Å². The van der Waals surface area contributed by atoms with E-state index >= 15 is 0 Å². The van der Waals surface area contributed by atoms with Gasteiger partial charge >= 0.3 is 0 Å². The highest BCUT2D eigenvalue weighted by Crippen LogP contribution is 2.33. The summed E-state index contributed by atoms with van der Waals surface area (Å²) in [5.74, 6) is -1.27. The summed E-state index contributed by atoms with van der Waals surface area (Å²) < 4.78 is 26.4. The first-order chi connectivity index (χ1) is 19.9. The third kappa shape index (κ3) is 8.86. The van der Waals surface area contributed by atoms with Crippen molar-refractivity contribution in [2.24, 2.45) is 0 Å². The highest BCUT2D eigenvalue weighted by Gasteiger charge is 2.13. The maximum absolute atomic E-state index is 13.2. The number of nitrogens with one attached hydrogen (secondary N) is 3. The molecule has 4 aromatic rings. The second kappa shape index (κ2) is 14.9. The van der Waals surface area contributed by atoms with Crippen molar-refractivity contribution in [3.05, 3.63) is 102 Å². The van der Waals surface area contributed by atoms with Crippen LogP contribution in [-0.2, 0) is 0 Å². The Morgan fingerprint density at radius 1 is 0.610 bits per heavy atom. The molecule has 4 aromatic carbocycles. The minimum absolute atomic E-state index is 0.00663. The van der Waals surface area contributed by atoms with Crippen LogP contribution in [0.4, 0.5) is 14.5 Å². The zero-order valence-corrected chi connectivity index (χ0v) is 22.8. The molecule has 0 aliphatic carbocycles. The minimum Gasteiger partial charge on any atom is -0.507 e. The van der Waals surface area contributed by atoms with Gasteiger partial charge in [-0.1, -0.05) is 24.3 Å². The van der Waals surface area contributed by atoms with E-state index in [2.05, 4.69) is 16.0 Å². The predicted octanol–water partition coefficient (Wildman–Crippen LogP) is 6.70. The quantitative estimate of drug-likeness (QED) is 0.179. The van der Waals surface area contributed by atoms with Crippen LogP contribution in [0.2, 0.25) is 0 Å². The maximum Gasteiger partial charge on any atom is 0.255 e. The number of carbonyl (C=O) groups excluding carboxylic acids is 1. The topological polar surface area (TPSA) is 93.6 Å². The lowest BCUT2D eigenvalue weighted by Gasteiger charge is -2.11. The normalized spacial score (nSPS) is 13.9. The Bertz CT molecular complexity index is 1390. The second-order valence-corrected chi connectivity index (χ2v) is 9.85. The van der Waals surface area contributed by atoms with Gasteiger partial charge in [0.25, 0.3) is 5.91 Å². The number of benzene rings is 4. The monoisotopic (exact) mass is 559 g/mol. The molecule has 0 spiro atoms. The summed E-state index contributed by atoms with van der Waals surface area (Å²) in [7, 11) is 0. The molecule has 2 saturated heterocycles. The number of rotatable bonds is 4. The Balaban J connectivity index is 0.000000324. The van der Waals surface area contributed by atoms with E-state index in [1.165, 1.54) is 125 Å². The molecule has 2 heterocycles. The molecule has 8 heteroatoms. The summed E-state index contributed by atoms with van der Waals surface area (Å²) in [5, 5.41) is 29.5. The number of anilines is 1. The lowest BCUT2D eigenvalue weighted by Crippen LogP contribution is -2.12. The average molecular weight is 560 g/mol. The van der Waals surface area contributed by atoms with Gasteiger partial charge in [-0.05, 0) is 124 Å². The molecule has 2 aliphatic rings. The number of phenols is 2. The molecule has 0 atom stereocenters. The van der Waals surface area contributed by atoms with Gasteiger partial charge in [-0.3, -0.25) is 4.79 Å². The Hall–Kier alpha value is -4.27. The van der Waals surface area contributed by atoms with Crippen LogP contribution in [-0.4, -0.2) is 42.3 Å². The maximum atomic E-state index is 13.2.